The first-order chi connectivity index (χ1) is 10.3. The van der Waals surface area contributed by atoms with E-state index in [1.807, 2.05) is 24.3 Å². The SMILES string of the molecule is CCCC1CCC(c2noc(-c3ccccc3N)n2)CC1. The smallest absolute Gasteiger partial charge is 0.260 e. The van der Waals surface area contributed by atoms with E-state index < -0.39 is 0 Å². The molecule has 0 bridgehead atoms. The zero-order valence-corrected chi connectivity index (χ0v) is 12.6. The molecule has 2 aromatic rings. The molecule has 0 saturated heterocycles. The lowest BCUT2D eigenvalue weighted by Gasteiger charge is -2.26. The van der Waals surface area contributed by atoms with Crippen LogP contribution in [0, 0.1) is 5.92 Å². The largest absolute Gasteiger partial charge is 0.398 e. The van der Waals surface area contributed by atoms with Crippen molar-refractivity contribution >= 4 is 5.69 Å². The lowest BCUT2D eigenvalue weighted by atomic mass is 9.80. The lowest BCUT2D eigenvalue weighted by Crippen LogP contribution is -2.14. The molecule has 4 nitrogen and oxygen atoms in total. The Morgan fingerprint density at radius 2 is 1.95 bits per heavy atom. The zero-order valence-electron chi connectivity index (χ0n) is 12.6. The fourth-order valence-corrected chi connectivity index (χ4v) is 3.32. The predicted octanol–water partition coefficient (Wildman–Crippen LogP) is 4.39. The van der Waals surface area contributed by atoms with Gasteiger partial charge in [-0.15, -0.1) is 0 Å². The Morgan fingerprint density at radius 1 is 1.19 bits per heavy atom. The van der Waals surface area contributed by atoms with Crippen LogP contribution in [0.3, 0.4) is 0 Å². The van der Waals surface area contributed by atoms with Crippen molar-refractivity contribution in [3.8, 4) is 11.5 Å². The Hall–Kier alpha value is -1.84. The highest BCUT2D eigenvalue weighted by Crippen LogP contribution is 2.37. The first-order valence-electron chi connectivity index (χ1n) is 7.96. The van der Waals surface area contributed by atoms with Crippen LogP contribution in [0.5, 0.6) is 0 Å². The molecular formula is C17H23N3O. The molecule has 3 rings (SSSR count). The van der Waals surface area contributed by atoms with E-state index in [0.29, 0.717) is 17.5 Å². The molecule has 1 aromatic heterocycles. The minimum absolute atomic E-state index is 0.445. The third-order valence-corrected chi connectivity index (χ3v) is 4.54. The van der Waals surface area contributed by atoms with Gasteiger partial charge in [0.2, 0.25) is 0 Å². The van der Waals surface area contributed by atoms with E-state index in [9.17, 15) is 0 Å². The second-order valence-electron chi connectivity index (χ2n) is 6.05. The van der Waals surface area contributed by atoms with Gasteiger partial charge >= 0.3 is 0 Å². The third kappa shape index (κ3) is 3.09. The van der Waals surface area contributed by atoms with E-state index in [1.54, 1.807) is 0 Å². The molecule has 0 spiro atoms. The summed E-state index contributed by atoms with van der Waals surface area (Å²) < 4.78 is 5.42. The number of hydrogen-bond acceptors (Lipinski definition) is 4. The summed E-state index contributed by atoms with van der Waals surface area (Å²) in [7, 11) is 0. The van der Waals surface area contributed by atoms with Gasteiger partial charge in [0.05, 0.1) is 5.56 Å². The molecule has 112 valence electrons. The average molecular weight is 285 g/mol. The molecule has 1 aliphatic rings. The van der Waals surface area contributed by atoms with Crippen molar-refractivity contribution in [1.82, 2.24) is 10.1 Å². The molecule has 0 amide bonds. The van der Waals surface area contributed by atoms with E-state index in [2.05, 4.69) is 17.1 Å². The molecule has 0 aliphatic heterocycles. The van der Waals surface area contributed by atoms with Gasteiger partial charge in [-0.2, -0.15) is 4.98 Å². The number of nitrogens with zero attached hydrogens (tertiary/aromatic N) is 2. The summed E-state index contributed by atoms with van der Waals surface area (Å²) in [4.78, 5) is 4.58. The van der Waals surface area contributed by atoms with Crippen molar-refractivity contribution in [2.24, 2.45) is 5.92 Å². The van der Waals surface area contributed by atoms with Gasteiger partial charge in [-0.25, -0.2) is 0 Å². The van der Waals surface area contributed by atoms with Crippen molar-refractivity contribution in [2.45, 2.75) is 51.4 Å². The van der Waals surface area contributed by atoms with Crippen LogP contribution in [-0.2, 0) is 0 Å². The highest BCUT2D eigenvalue weighted by Gasteiger charge is 2.25. The maximum absolute atomic E-state index is 5.96. The van der Waals surface area contributed by atoms with Crippen LogP contribution in [0.2, 0.25) is 0 Å². The van der Waals surface area contributed by atoms with Crippen LogP contribution in [0.4, 0.5) is 5.69 Å². The van der Waals surface area contributed by atoms with Gasteiger partial charge in [0.15, 0.2) is 5.82 Å². The van der Waals surface area contributed by atoms with E-state index in [-0.39, 0.29) is 0 Å². The summed E-state index contributed by atoms with van der Waals surface area (Å²) in [6.45, 7) is 2.27. The molecule has 4 heteroatoms. The lowest BCUT2D eigenvalue weighted by molar-refractivity contribution is 0.296. The van der Waals surface area contributed by atoms with Crippen LogP contribution in [-0.4, -0.2) is 10.1 Å². The Morgan fingerprint density at radius 3 is 2.67 bits per heavy atom. The molecule has 2 N–H and O–H groups in total. The Labute approximate surface area is 125 Å². The number of hydrogen-bond donors (Lipinski definition) is 1. The molecule has 0 unspecified atom stereocenters. The van der Waals surface area contributed by atoms with Crippen molar-refractivity contribution in [3.05, 3.63) is 30.1 Å². The number of para-hydroxylation sites is 1. The number of anilines is 1. The summed E-state index contributed by atoms with van der Waals surface area (Å²) in [6, 6.07) is 7.62. The maximum atomic E-state index is 5.96. The van der Waals surface area contributed by atoms with E-state index >= 15 is 0 Å². The summed E-state index contributed by atoms with van der Waals surface area (Å²) in [5, 5.41) is 4.19. The summed E-state index contributed by atoms with van der Waals surface area (Å²) in [5.41, 5.74) is 7.47. The maximum Gasteiger partial charge on any atom is 0.260 e. The Balaban J connectivity index is 1.70. The van der Waals surface area contributed by atoms with Crippen molar-refractivity contribution < 1.29 is 4.52 Å². The Kier molecular flexibility index (Phi) is 4.23. The van der Waals surface area contributed by atoms with E-state index in [1.165, 1.54) is 38.5 Å². The number of nitrogens with two attached hydrogens (primary N) is 1. The predicted molar refractivity (Wildman–Crippen MR) is 83.8 cm³/mol. The van der Waals surface area contributed by atoms with Gasteiger partial charge in [0.1, 0.15) is 0 Å². The molecule has 1 saturated carbocycles. The summed E-state index contributed by atoms with van der Waals surface area (Å²) >= 11 is 0. The molecule has 1 fully saturated rings. The quantitative estimate of drug-likeness (QED) is 0.846. The zero-order chi connectivity index (χ0) is 14.7. The van der Waals surface area contributed by atoms with Crippen LogP contribution in [0.15, 0.2) is 28.8 Å². The van der Waals surface area contributed by atoms with Crippen molar-refractivity contribution in [2.75, 3.05) is 5.73 Å². The molecule has 0 radical (unpaired) electrons. The number of nitrogen functional groups attached to an aromatic ring is 1. The van der Waals surface area contributed by atoms with Gasteiger partial charge in [0.25, 0.3) is 5.89 Å². The summed E-state index contributed by atoms with van der Waals surface area (Å²) in [6.07, 6.45) is 7.56. The minimum atomic E-state index is 0.445. The molecule has 0 atom stereocenters. The minimum Gasteiger partial charge on any atom is -0.398 e. The van der Waals surface area contributed by atoms with Crippen LogP contribution in [0.25, 0.3) is 11.5 Å². The second kappa shape index (κ2) is 6.29. The molecule has 21 heavy (non-hydrogen) atoms. The fourth-order valence-electron chi connectivity index (χ4n) is 3.32. The van der Waals surface area contributed by atoms with Gasteiger partial charge in [0, 0.05) is 11.6 Å². The topological polar surface area (TPSA) is 64.9 Å². The third-order valence-electron chi connectivity index (χ3n) is 4.54. The monoisotopic (exact) mass is 285 g/mol. The van der Waals surface area contributed by atoms with E-state index in [4.69, 9.17) is 10.3 Å². The second-order valence-corrected chi connectivity index (χ2v) is 6.05. The highest BCUT2D eigenvalue weighted by atomic mass is 16.5. The molecule has 1 aromatic carbocycles. The number of rotatable bonds is 4. The van der Waals surface area contributed by atoms with Gasteiger partial charge in [-0.3, -0.25) is 0 Å². The molecule has 1 aliphatic carbocycles. The Bertz CT molecular complexity index is 585. The van der Waals surface area contributed by atoms with Crippen LogP contribution >= 0.6 is 0 Å². The molecule has 1 heterocycles. The van der Waals surface area contributed by atoms with Crippen molar-refractivity contribution in [3.63, 3.8) is 0 Å². The molecular weight excluding hydrogens is 262 g/mol. The summed E-state index contributed by atoms with van der Waals surface area (Å²) in [5.74, 6) is 2.73. The first kappa shape index (κ1) is 14.1. The van der Waals surface area contributed by atoms with Crippen molar-refractivity contribution in [1.29, 1.82) is 0 Å². The van der Waals surface area contributed by atoms with Crippen LogP contribution < -0.4 is 5.73 Å². The average Bonchev–Trinajstić information content (AvgIpc) is 2.98. The first-order valence-corrected chi connectivity index (χ1v) is 7.96. The number of aromatic nitrogens is 2. The van der Waals surface area contributed by atoms with Gasteiger partial charge in [-0.1, -0.05) is 37.1 Å². The van der Waals surface area contributed by atoms with Crippen LogP contribution in [0.1, 0.15) is 57.2 Å². The van der Waals surface area contributed by atoms with Gasteiger partial charge in [-0.05, 0) is 43.7 Å². The number of benzene rings is 1. The van der Waals surface area contributed by atoms with E-state index in [0.717, 1.165) is 17.3 Å². The highest BCUT2D eigenvalue weighted by molar-refractivity contribution is 5.69. The normalized spacial score (nSPS) is 22.3. The van der Waals surface area contributed by atoms with Gasteiger partial charge < -0.3 is 10.3 Å². The standard InChI is InChI=1S/C17H23N3O/c1-2-5-12-8-10-13(11-9-12)16-19-17(21-20-16)14-6-3-4-7-15(14)18/h3-4,6-7,12-13H,2,5,8-11,18H2,1H3. The fraction of sp³-hybridized carbons (Fsp3) is 0.529.